The molecular weight excluding hydrogens is 306 g/mol. The highest BCUT2D eigenvalue weighted by atomic mass is 35.5. The number of hydrogen-bond donors (Lipinski definition) is 0. The first-order chi connectivity index (χ1) is 10.2. The van der Waals surface area contributed by atoms with Crippen molar-refractivity contribution in [1.82, 2.24) is 14.7 Å². The molecule has 6 heteroatoms. The third kappa shape index (κ3) is 2.85. The van der Waals surface area contributed by atoms with E-state index in [1.807, 2.05) is 29.5 Å². The van der Waals surface area contributed by atoms with Crippen molar-refractivity contribution in [3.63, 3.8) is 0 Å². The molecule has 1 fully saturated rings. The molecule has 0 unspecified atom stereocenters. The maximum atomic E-state index is 12.8. The van der Waals surface area contributed by atoms with Crippen molar-refractivity contribution < 1.29 is 4.79 Å². The van der Waals surface area contributed by atoms with Crippen molar-refractivity contribution in [3.05, 3.63) is 39.3 Å². The second-order valence-corrected chi connectivity index (χ2v) is 6.70. The van der Waals surface area contributed by atoms with Crippen LogP contribution in [-0.4, -0.2) is 27.1 Å². The Bertz CT molecular complexity index is 603. The van der Waals surface area contributed by atoms with Gasteiger partial charge in [-0.1, -0.05) is 30.5 Å². The fourth-order valence-electron chi connectivity index (χ4n) is 2.97. The molecule has 2 aromatic rings. The van der Waals surface area contributed by atoms with Crippen LogP contribution in [0.5, 0.6) is 0 Å². The molecule has 0 radical (unpaired) electrons. The van der Waals surface area contributed by atoms with Crippen LogP contribution >= 0.6 is 22.9 Å². The van der Waals surface area contributed by atoms with Crippen LogP contribution in [-0.2, 0) is 7.05 Å². The number of thiophene rings is 1. The third-order valence-electron chi connectivity index (χ3n) is 4.00. The summed E-state index contributed by atoms with van der Waals surface area (Å²) in [6.07, 6.45) is 5.91. The van der Waals surface area contributed by atoms with E-state index in [9.17, 15) is 4.79 Å². The second kappa shape index (κ2) is 6.20. The number of likely N-dealkylation sites (tertiary alicyclic amines) is 1. The Hall–Kier alpha value is -1.33. The van der Waals surface area contributed by atoms with Gasteiger partial charge in [-0.2, -0.15) is 5.10 Å². The van der Waals surface area contributed by atoms with E-state index in [2.05, 4.69) is 5.10 Å². The average Bonchev–Trinajstić information content (AvgIpc) is 3.04. The summed E-state index contributed by atoms with van der Waals surface area (Å²) in [6, 6.07) is 3.82. The highest BCUT2D eigenvalue weighted by Crippen LogP contribution is 2.35. The number of nitrogens with zero attached hydrogens (tertiary/aromatic N) is 3. The number of carbonyl (C=O) groups excluding carboxylic acids is 1. The first-order valence-electron chi connectivity index (χ1n) is 7.20. The number of carbonyl (C=O) groups is 1. The van der Waals surface area contributed by atoms with Crippen molar-refractivity contribution in [1.29, 1.82) is 0 Å². The molecule has 112 valence electrons. The lowest BCUT2D eigenvalue weighted by Gasteiger charge is -2.30. The van der Waals surface area contributed by atoms with E-state index in [-0.39, 0.29) is 11.9 Å². The summed E-state index contributed by atoms with van der Waals surface area (Å²) in [7, 11) is 1.89. The number of hydrogen-bond acceptors (Lipinski definition) is 3. The van der Waals surface area contributed by atoms with Gasteiger partial charge in [-0.3, -0.25) is 9.48 Å². The molecular formula is C15H18ClN3OS. The molecule has 0 aliphatic carbocycles. The number of halogens is 1. The largest absolute Gasteiger partial charge is 0.329 e. The Morgan fingerprint density at radius 1 is 1.43 bits per heavy atom. The fourth-order valence-corrected chi connectivity index (χ4v) is 3.94. The molecule has 1 aliphatic rings. The molecule has 0 spiro atoms. The Balaban J connectivity index is 1.96. The Labute approximate surface area is 133 Å². The monoisotopic (exact) mass is 323 g/mol. The lowest BCUT2D eigenvalue weighted by Crippen LogP contribution is -2.35. The van der Waals surface area contributed by atoms with Crippen LogP contribution < -0.4 is 0 Å². The molecule has 0 bridgehead atoms. The van der Waals surface area contributed by atoms with E-state index in [1.54, 1.807) is 10.9 Å². The van der Waals surface area contributed by atoms with Gasteiger partial charge in [0.05, 0.1) is 27.8 Å². The molecule has 0 saturated carbocycles. The maximum absolute atomic E-state index is 12.8. The molecule has 4 nitrogen and oxygen atoms in total. The Kier molecular flexibility index (Phi) is 4.31. The summed E-state index contributed by atoms with van der Waals surface area (Å²) >= 11 is 7.80. The van der Waals surface area contributed by atoms with Crippen molar-refractivity contribution in [3.8, 4) is 0 Å². The van der Waals surface area contributed by atoms with E-state index < -0.39 is 0 Å². The standard InChI is InChI=1S/C15H18ClN3OS/c1-18-14(11(16)10-17-18)12-6-3-2-4-8-19(12)15(20)13-7-5-9-21-13/h5,7,9-10,12H,2-4,6,8H2,1H3/t12-/m1/s1. The van der Waals surface area contributed by atoms with Crippen molar-refractivity contribution in [2.24, 2.45) is 7.05 Å². The van der Waals surface area contributed by atoms with Crippen LogP contribution in [0.4, 0.5) is 0 Å². The Morgan fingerprint density at radius 3 is 2.95 bits per heavy atom. The summed E-state index contributed by atoms with van der Waals surface area (Å²) in [6.45, 7) is 0.781. The summed E-state index contributed by atoms with van der Waals surface area (Å²) < 4.78 is 1.80. The van der Waals surface area contributed by atoms with Gasteiger partial charge in [0.25, 0.3) is 5.91 Å². The molecule has 1 aliphatic heterocycles. The molecule has 3 heterocycles. The minimum Gasteiger partial charge on any atom is -0.329 e. The van der Waals surface area contributed by atoms with Gasteiger partial charge in [0, 0.05) is 13.6 Å². The predicted molar refractivity (Wildman–Crippen MR) is 84.8 cm³/mol. The van der Waals surface area contributed by atoms with Crippen LogP contribution in [0.3, 0.4) is 0 Å². The third-order valence-corrected chi connectivity index (χ3v) is 5.15. The lowest BCUT2D eigenvalue weighted by atomic mass is 10.1. The molecule has 0 N–H and O–H groups in total. The first kappa shape index (κ1) is 14.6. The molecule has 1 atom stereocenters. The zero-order valence-electron chi connectivity index (χ0n) is 12.0. The number of aromatic nitrogens is 2. The molecule has 1 saturated heterocycles. The van der Waals surface area contributed by atoms with Crippen molar-refractivity contribution >= 4 is 28.8 Å². The first-order valence-corrected chi connectivity index (χ1v) is 8.46. The predicted octanol–water partition coefficient (Wildman–Crippen LogP) is 3.89. The van der Waals surface area contributed by atoms with Gasteiger partial charge >= 0.3 is 0 Å². The lowest BCUT2D eigenvalue weighted by molar-refractivity contribution is 0.0678. The number of amides is 1. The van der Waals surface area contributed by atoms with Gasteiger partial charge in [0.15, 0.2) is 0 Å². The molecule has 21 heavy (non-hydrogen) atoms. The summed E-state index contributed by atoms with van der Waals surface area (Å²) in [5.41, 5.74) is 0.948. The minimum atomic E-state index is 0.0158. The van der Waals surface area contributed by atoms with Gasteiger partial charge in [0.1, 0.15) is 0 Å². The number of rotatable bonds is 2. The summed E-state index contributed by atoms with van der Waals surface area (Å²) in [5, 5.41) is 6.82. The summed E-state index contributed by atoms with van der Waals surface area (Å²) in [4.78, 5) is 15.6. The quantitative estimate of drug-likeness (QED) is 0.841. The van der Waals surface area contributed by atoms with Gasteiger partial charge < -0.3 is 4.90 Å². The molecule has 3 rings (SSSR count). The smallest absolute Gasteiger partial charge is 0.264 e. The van der Waals surface area contributed by atoms with E-state index in [0.29, 0.717) is 5.02 Å². The normalized spacial score (nSPS) is 19.5. The second-order valence-electron chi connectivity index (χ2n) is 5.34. The molecule has 1 amide bonds. The summed E-state index contributed by atoms with van der Waals surface area (Å²) in [5.74, 6) is 0.106. The van der Waals surface area contributed by atoms with Gasteiger partial charge in [-0.25, -0.2) is 0 Å². The molecule has 2 aromatic heterocycles. The average molecular weight is 324 g/mol. The topological polar surface area (TPSA) is 38.1 Å². The highest BCUT2D eigenvalue weighted by molar-refractivity contribution is 7.12. The SMILES string of the molecule is Cn1ncc(Cl)c1[C@H]1CCCCCN1C(=O)c1cccs1. The fraction of sp³-hybridized carbons (Fsp3) is 0.467. The van der Waals surface area contributed by atoms with Gasteiger partial charge in [0.2, 0.25) is 0 Å². The number of aryl methyl sites for hydroxylation is 1. The zero-order valence-corrected chi connectivity index (χ0v) is 13.5. The van der Waals surface area contributed by atoms with Gasteiger partial charge in [-0.15, -0.1) is 11.3 Å². The van der Waals surface area contributed by atoms with Crippen molar-refractivity contribution in [2.75, 3.05) is 6.54 Å². The van der Waals surface area contributed by atoms with Crippen LogP contribution in [0.2, 0.25) is 5.02 Å². The van der Waals surface area contributed by atoms with E-state index in [1.165, 1.54) is 11.3 Å². The van der Waals surface area contributed by atoms with Crippen LogP contribution in [0.25, 0.3) is 0 Å². The van der Waals surface area contributed by atoms with E-state index in [4.69, 9.17) is 11.6 Å². The van der Waals surface area contributed by atoms with Gasteiger partial charge in [-0.05, 0) is 24.3 Å². The Morgan fingerprint density at radius 2 is 2.29 bits per heavy atom. The highest BCUT2D eigenvalue weighted by Gasteiger charge is 2.31. The van der Waals surface area contributed by atoms with E-state index in [0.717, 1.165) is 42.8 Å². The zero-order chi connectivity index (χ0) is 14.8. The van der Waals surface area contributed by atoms with Crippen molar-refractivity contribution in [2.45, 2.75) is 31.7 Å². The van der Waals surface area contributed by atoms with E-state index >= 15 is 0 Å². The van der Waals surface area contributed by atoms with Crippen LogP contribution in [0.1, 0.15) is 47.1 Å². The van der Waals surface area contributed by atoms with Crippen LogP contribution in [0, 0.1) is 0 Å². The molecule has 0 aromatic carbocycles. The van der Waals surface area contributed by atoms with Crippen LogP contribution in [0.15, 0.2) is 23.7 Å². The maximum Gasteiger partial charge on any atom is 0.264 e. The minimum absolute atomic E-state index is 0.0158.